The van der Waals surface area contributed by atoms with Gasteiger partial charge in [0, 0.05) is 44.3 Å². The molecule has 1 aliphatic heterocycles. The second-order valence-electron chi connectivity index (χ2n) is 6.64. The van der Waals surface area contributed by atoms with Crippen LogP contribution in [0.15, 0.2) is 70.6 Å². The molecule has 0 spiro atoms. The zero-order valence-corrected chi connectivity index (χ0v) is 16.8. The molecule has 2 aromatic heterocycles. The third-order valence-corrected chi connectivity index (χ3v) is 5.69. The van der Waals surface area contributed by atoms with Gasteiger partial charge in [-0.05, 0) is 24.3 Å². The minimum atomic E-state index is -0.0584. The van der Waals surface area contributed by atoms with Gasteiger partial charge in [-0.3, -0.25) is 4.79 Å². The number of hydrogen-bond acceptors (Lipinski definition) is 7. The van der Waals surface area contributed by atoms with E-state index in [2.05, 4.69) is 49.4 Å². The van der Waals surface area contributed by atoms with Crippen LogP contribution in [-0.2, 0) is 11.3 Å². The molecule has 1 aromatic carbocycles. The van der Waals surface area contributed by atoms with Gasteiger partial charge >= 0.3 is 0 Å². The molecule has 3 aromatic rings. The van der Waals surface area contributed by atoms with E-state index in [-0.39, 0.29) is 11.7 Å². The lowest BCUT2D eigenvalue weighted by atomic mass is 10.2. The van der Waals surface area contributed by atoms with Crippen molar-refractivity contribution in [3.05, 3.63) is 66.9 Å². The highest BCUT2D eigenvalue weighted by atomic mass is 32.2. The Hall–Kier alpha value is -3.00. The summed E-state index contributed by atoms with van der Waals surface area (Å²) in [5.74, 6) is 1.82. The predicted molar refractivity (Wildman–Crippen MR) is 114 cm³/mol. The predicted octanol–water partition coefficient (Wildman–Crippen LogP) is 2.80. The molecule has 0 aliphatic carbocycles. The Morgan fingerprint density at radius 2 is 1.76 bits per heavy atom. The summed E-state index contributed by atoms with van der Waals surface area (Å²) in [5.41, 5.74) is 1.24. The van der Waals surface area contributed by atoms with Crippen molar-refractivity contribution >= 4 is 29.2 Å². The molecule has 1 saturated heterocycles. The molecule has 1 amide bonds. The number of piperazine rings is 1. The molecule has 150 valence electrons. The fourth-order valence-corrected chi connectivity index (χ4v) is 4.05. The van der Waals surface area contributed by atoms with Crippen LogP contribution in [0.1, 0.15) is 5.76 Å². The number of amides is 1. The lowest BCUT2D eigenvalue weighted by Crippen LogP contribution is -2.47. The summed E-state index contributed by atoms with van der Waals surface area (Å²) in [6.07, 6.45) is 4.98. The van der Waals surface area contributed by atoms with Crippen molar-refractivity contribution in [1.82, 2.24) is 15.3 Å². The Kier molecular flexibility index (Phi) is 6.31. The summed E-state index contributed by atoms with van der Waals surface area (Å²) in [6.45, 7) is 3.97. The number of rotatable bonds is 7. The molecule has 1 fully saturated rings. The van der Waals surface area contributed by atoms with Crippen LogP contribution in [0.5, 0.6) is 0 Å². The smallest absolute Gasteiger partial charge is 0.230 e. The van der Waals surface area contributed by atoms with Crippen molar-refractivity contribution in [1.29, 1.82) is 0 Å². The Bertz CT molecular complexity index is 912. The molecule has 29 heavy (non-hydrogen) atoms. The number of furan rings is 1. The number of hydrogen-bond donors (Lipinski definition) is 1. The minimum Gasteiger partial charge on any atom is -0.467 e. The van der Waals surface area contributed by atoms with Crippen LogP contribution in [-0.4, -0.2) is 47.8 Å². The second-order valence-corrected chi connectivity index (χ2v) is 7.60. The SMILES string of the molecule is O=C(CSc1nccnc1N1CCN(c2ccccc2)CC1)NCc1ccco1. The van der Waals surface area contributed by atoms with Crippen LogP contribution < -0.4 is 15.1 Å². The van der Waals surface area contributed by atoms with Crippen LogP contribution in [0.2, 0.25) is 0 Å². The van der Waals surface area contributed by atoms with Gasteiger partial charge in [-0.2, -0.15) is 0 Å². The maximum atomic E-state index is 12.2. The Labute approximate surface area is 174 Å². The zero-order valence-electron chi connectivity index (χ0n) is 16.0. The zero-order chi connectivity index (χ0) is 19.9. The van der Waals surface area contributed by atoms with Crippen molar-refractivity contribution in [3.8, 4) is 0 Å². The third kappa shape index (κ3) is 5.08. The summed E-state index contributed by atoms with van der Waals surface area (Å²) >= 11 is 1.41. The van der Waals surface area contributed by atoms with Gasteiger partial charge in [0.15, 0.2) is 5.82 Å². The lowest BCUT2D eigenvalue weighted by molar-refractivity contribution is -0.118. The van der Waals surface area contributed by atoms with E-state index >= 15 is 0 Å². The Morgan fingerprint density at radius 1 is 1.00 bits per heavy atom. The molecule has 0 saturated carbocycles. The molecular weight excluding hydrogens is 386 g/mol. The molecule has 7 nitrogen and oxygen atoms in total. The number of nitrogens with zero attached hydrogens (tertiary/aromatic N) is 4. The number of aromatic nitrogens is 2. The van der Waals surface area contributed by atoms with Crippen molar-refractivity contribution in [2.45, 2.75) is 11.6 Å². The first-order chi connectivity index (χ1) is 14.3. The van der Waals surface area contributed by atoms with Crippen LogP contribution >= 0.6 is 11.8 Å². The summed E-state index contributed by atoms with van der Waals surface area (Å²) in [6, 6.07) is 14.1. The van der Waals surface area contributed by atoms with Gasteiger partial charge in [-0.15, -0.1) is 0 Å². The van der Waals surface area contributed by atoms with Crippen LogP contribution in [0.3, 0.4) is 0 Å². The van der Waals surface area contributed by atoms with E-state index in [1.807, 2.05) is 12.1 Å². The average Bonchev–Trinajstić information content (AvgIpc) is 3.31. The number of benzene rings is 1. The quantitative estimate of drug-likeness (QED) is 0.602. The molecule has 0 radical (unpaired) electrons. The first-order valence-electron chi connectivity index (χ1n) is 9.57. The van der Waals surface area contributed by atoms with E-state index in [9.17, 15) is 4.79 Å². The van der Waals surface area contributed by atoms with Gasteiger partial charge < -0.3 is 19.5 Å². The fourth-order valence-electron chi connectivity index (χ4n) is 3.24. The summed E-state index contributed by atoms with van der Waals surface area (Å²) in [4.78, 5) is 25.8. The fraction of sp³-hybridized carbons (Fsp3) is 0.286. The van der Waals surface area contributed by atoms with E-state index in [0.717, 1.165) is 42.8 Å². The number of nitrogens with one attached hydrogen (secondary N) is 1. The average molecular weight is 410 g/mol. The molecular formula is C21H23N5O2S. The molecule has 0 bridgehead atoms. The number of carbonyl (C=O) groups is 1. The van der Waals surface area contributed by atoms with Gasteiger partial charge in [0.2, 0.25) is 5.91 Å². The van der Waals surface area contributed by atoms with Crippen LogP contribution in [0.25, 0.3) is 0 Å². The number of carbonyl (C=O) groups excluding carboxylic acids is 1. The minimum absolute atomic E-state index is 0.0584. The highest BCUT2D eigenvalue weighted by Gasteiger charge is 2.21. The molecule has 1 aliphatic rings. The third-order valence-electron chi connectivity index (χ3n) is 4.73. The van der Waals surface area contributed by atoms with Crippen molar-refractivity contribution in [2.24, 2.45) is 0 Å². The van der Waals surface area contributed by atoms with Gasteiger partial charge in [-0.25, -0.2) is 9.97 Å². The molecule has 8 heteroatoms. The molecule has 0 unspecified atom stereocenters. The second kappa shape index (κ2) is 9.47. The van der Waals surface area contributed by atoms with Crippen molar-refractivity contribution < 1.29 is 9.21 Å². The molecule has 0 atom stereocenters. The van der Waals surface area contributed by atoms with Gasteiger partial charge in [0.05, 0.1) is 18.6 Å². The standard InChI is InChI=1S/C21H23N5O2S/c27-19(24-15-18-7-4-14-28-18)16-29-21-20(22-8-9-23-21)26-12-10-25(11-13-26)17-5-2-1-3-6-17/h1-9,14H,10-13,15-16H2,(H,24,27). The molecule has 3 heterocycles. The summed E-state index contributed by atoms with van der Waals surface area (Å²) in [5, 5.41) is 3.64. The normalized spacial score (nSPS) is 14.1. The number of para-hydroxylation sites is 1. The monoisotopic (exact) mass is 409 g/mol. The van der Waals surface area contributed by atoms with Crippen LogP contribution in [0.4, 0.5) is 11.5 Å². The maximum Gasteiger partial charge on any atom is 0.230 e. The van der Waals surface area contributed by atoms with E-state index in [4.69, 9.17) is 4.42 Å². The van der Waals surface area contributed by atoms with E-state index < -0.39 is 0 Å². The first-order valence-corrected chi connectivity index (χ1v) is 10.6. The van der Waals surface area contributed by atoms with E-state index in [1.54, 1.807) is 24.7 Å². The highest BCUT2D eigenvalue weighted by molar-refractivity contribution is 8.00. The topological polar surface area (TPSA) is 74.5 Å². The van der Waals surface area contributed by atoms with Gasteiger partial charge in [0.1, 0.15) is 10.8 Å². The lowest BCUT2D eigenvalue weighted by Gasteiger charge is -2.37. The van der Waals surface area contributed by atoms with Crippen molar-refractivity contribution in [3.63, 3.8) is 0 Å². The van der Waals surface area contributed by atoms with Gasteiger partial charge in [-0.1, -0.05) is 30.0 Å². The number of thioether (sulfide) groups is 1. The summed E-state index contributed by atoms with van der Waals surface area (Å²) in [7, 11) is 0. The largest absolute Gasteiger partial charge is 0.467 e. The van der Waals surface area contributed by atoms with Crippen molar-refractivity contribution in [2.75, 3.05) is 41.7 Å². The molecule has 1 N–H and O–H groups in total. The Morgan fingerprint density at radius 3 is 2.52 bits per heavy atom. The van der Waals surface area contributed by atoms with E-state index in [1.165, 1.54) is 17.4 Å². The summed E-state index contributed by atoms with van der Waals surface area (Å²) < 4.78 is 5.23. The van der Waals surface area contributed by atoms with E-state index in [0.29, 0.717) is 6.54 Å². The molecule has 4 rings (SSSR count). The maximum absolute atomic E-state index is 12.2. The van der Waals surface area contributed by atoms with Crippen LogP contribution in [0, 0.1) is 0 Å². The highest BCUT2D eigenvalue weighted by Crippen LogP contribution is 2.27. The van der Waals surface area contributed by atoms with Gasteiger partial charge in [0.25, 0.3) is 0 Å². The Balaban J connectivity index is 1.32. The first kappa shape index (κ1) is 19.3. The number of anilines is 2.